The number of carbonyl (C=O) groups excluding carboxylic acids is 1. The molecule has 1 heterocycles. The van der Waals surface area contributed by atoms with E-state index in [-0.39, 0.29) is 11.8 Å². The molecule has 5 rings (SSSR count). The fraction of sp³-hybridized carbons (Fsp3) is 0.133. The van der Waals surface area contributed by atoms with Crippen molar-refractivity contribution < 1.29 is 9.53 Å². The van der Waals surface area contributed by atoms with Crippen LogP contribution in [-0.2, 0) is 11.3 Å². The molecular weight excluding hydrogens is 488 g/mol. The molecule has 0 unspecified atom stereocenters. The van der Waals surface area contributed by atoms with Gasteiger partial charge in [0.05, 0.1) is 23.4 Å². The van der Waals surface area contributed by atoms with Crippen molar-refractivity contribution in [2.75, 3.05) is 12.0 Å². The molecular formula is C30H25ClN2O2S. The molecule has 180 valence electrons. The monoisotopic (exact) mass is 512 g/mol. The van der Waals surface area contributed by atoms with Gasteiger partial charge >= 0.3 is 0 Å². The number of hydrogen-bond acceptors (Lipinski definition) is 4. The largest absolute Gasteiger partial charge is 0.494 e. The van der Waals surface area contributed by atoms with Crippen LogP contribution in [0.2, 0.25) is 5.02 Å². The number of ether oxygens (including phenoxy) is 1. The van der Waals surface area contributed by atoms with Crippen LogP contribution in [-0.4, -0.2) is 18.0 Å². The standard InChI is InChI=1S/C30H25ClN2O2S/c1-35-26-18-17-25(31)29-28(26)32-30(36-29)33(20-21-11-5-2-6-12-21)27(34)19-24(22-13-7-3-8-14-22)23-15-9-4-10-16-23/h2-18,24H,19-20H2,1H3. The zero-order valence-corrected chi connectivity index (χ0v) is 21.4. The second kappa shape index (κ2) is 10.9. The van der Waals surface area contributed by atoms with Crippen molar-refractivity contribution in [2.24, 2.45) is 0 Å². The van der Waals surface area contributed by atoms with Gasteiger partial charge in [0.25, 0.3) is 0 Å². The van der Waals surface area contributed by atoms with Crippen molar-refractivity contribution in [3.63, 3.8) is 0 Å². The highest BCUT2D eigenvalue weighted by Gasteiger charge is 2.26. The summed E-state index contributed by atoms with van der Waals surface area (Å²) in [6.07, 6.45) is 0.307. The van der Waals surface area contributed by atoms with Gasteiger partial charge in [-0.25, -0.2) is 4.98 Å². The van der Waals surface area contributed by atoms with Gasteiger partial charge in [0.2, 0.25) is 5.91 Å². The maximum Gasteiger partial charge on any atom is 0.230 e. The van der Waals surface area contributed by atoms with E-state index in [1.54, 1.807) is 24.1 Å². The maximum atomic E-state index is 14.0. The number of benzene rings is 4. The Hall–Kier alpha value is -3.67. The second-order valence-electron chi connectivity index (χ2n) is 8.47. The first kappa shape index (κ1) is 24.0. The van der Waals surface area contributed by atoms with E-state index in [1.807, 2.05) is 66.7 Å². The highest BCUT2D eigenvalue weighted by molar-refractivity contribution is 7.23. The Morgan fingerprint density at radius 3 is 2.06 bits per heavy atom. The molecule has 4 nitrogen and oxygen atoms in total. The van der Waals surface area contributed by atoms with E-state index < -0.39 is 0 Å². The van der Waals surface area contributed by atoms with Gasteiger partial charge in [0, 0.05) is 12.3 Å². The molecule has 36 heavy (non-hydrogen) atoms. The Labute approximate surface area is 219 Å². The summed E-state index contributed by atoms with van der Waals surface area (Å²) in [5.74, 6) is 0.548. The molecule has 0 atom stereocenters. The van der Waals surface area contributed by atoms with Crippen molar-refractivity contribution in [3.05, 3.63) is 125 Å². The van der Waals surface area contributed by atoms with Gasteiger partial charge < -0.3 is 4.74 Å². The third kappa shape index (κ3) is 5.13. The third-order valence-corrected chi connectivity index (χ3v) is 7.70. The number of halogens is 1. The maximum absolute atomic E-state index is 14.0. The van der Waals surface area contributed by atoms with Gasteiger partial charge in [-0.15, -0.1) is 0 Å². The van der Waals surface area contributed by atoms with E-state index in [0.717, 1.165) is 21.4 Å². The van der Waals surface area contributed by atoms with E-state index in [2.05, 4.69) is 24.3 Å². The van der Waals surface area contributed by atoms with Gasteiger partial charge in [-0.1, -0.05) is 114 Å². The first-order valence-corrected chi connectivity index (χ1v) is 12.9. The number of methoxy groups -OCH3 is 1. The lowest BCUT2D eigenvalue weighted by Crippen LogP contribution is -2.31. The molecule has 0 bridgehead atoms. The van der Waals surface area contributed by atoms with Gasteiger partial charge in [-0.2, -0.15) is 0 Å². The smallest absolute Gasteiger partial charge is 0.230 e. The summed E-state index contributed by atoms with van der Waals surface area (Å²) in [6.45, 7) is 0.412. The quantitative estimate of drug-likeness (QED) is 0.214. The molecule has 0 spiro atoms. The number of anilines is 1. The summed E-state index contributed by atoms with van der Waals surface area (Å²) < 4.78 is 6.32. The molecule has 0 aliphatic heterocycles. The van der Waals surface area contributed by atoms with Gasteiger partial charge in [-0.3, -0.25) is 9.69 Å². The number of fused-ring (bicyclic) bond motifs is 1. The summed E-state index contributed by atoms with van der Waals surface area (Å²) in [5, 5.41) is 1.19. The SMILES string of the molecule is COc1ccc(Cl)c2sc(N(Cc3ccccc3)C(=O)CC(c3ccccc3)c3ccccc3)nc12. The molecule has 0 N–H and O–H groups in total. The van der Waals surface area contributed by atoms with Gasteiger partial charge in [0.15, 0.2) is 5.13 Å². The van der Waals surface area contributed by atoms with Crippen LogP contribution in [0, 0.1) is 0 Å². The van der Waals surface area contributed by atoms with Crippen LogP contribution in [0.25, 0.3) is 10.2 Å². The van der Waals surface area contributed by atoms with Gasteiger partial charge in [-0.05, 0) is 28.8 Å². The van der Waals surface area contributed by atoms with E-state index in [1.165, 1.54) is 11.3 Å². The number of thiazole rings is 1. The lowest BCUT2D eigenvalue weighted by molar-refractivity contribution is -0.119. The molecule has 4 aromatic carbocycles. The van der Waals surface area contributed by atoms with E-state index >= 15 is 0 Å². The van der Waals surface area contributed by atoms with Crippen LogP contribution in [0.1, 0.15) is 29.0 Å². The molecule has 6 heteroatoms. The van der Waals surface area contributed by atoms with Crippen molar-refractivity contribution in [1.82, 2.24) is 4.98 Å². The molecule has 5 aromatic rings. The third-order valence-electron chi connectivity index (χ3n) is 6.17. The number of rotatable bonds is 8. The second-order valence-corrected chi connectivity index (χ2v) is 9.85. The lowest BCUT2D eigenvalue weighted by Gasteiger charge is -2.24. The predicted molar refractivity (Wildman–Crippen MR) is 148 cm³/mol. The fourth-order valence-electron chi connectivity index (χ4n) is 4.33. The van der Waals surface area contributed by atoms with E-state index in [0.29, 0.717) is 34.4 Å². The van der Waals surface area contributed by atoms with Crippen LogP contribution in [0.3, 0.4) is 0 Å². The first-order valence-electron chi connectivity index (χ1n) is 11.7. The van der Waals surface area contributed by atoms with E-state index in [4.69, 9.17) is 21.3 Å². The Kier molecular flexibility index (Phi) is 7.31. The van der Waals surface area contributed by atoms with Crippen LogP contribution in [0.5, 0.6) is 5.75 Å². The molecule has 1 aromatic heterocycles. The molecule has 0 radical (unpaired) electrons. The number of aromatic nitrogens is 1. The Morgan fingerprint density at radius 1 is 0.889 bits per heavy atom. The number of hydrogen-bond donors (Lipinski definition) is 0. The van der Waals surface area contributed by atoms with Crippen LogP contribution >= 0.6 is 22.9 Å². The average Bonchev–Trinajstić information content (AvgIpc) is 3.38. The Morgan fingerprint density at radius 2 is 1.47 bits per heavy atom. The predicted octanol–water partition coefficient (Wildman–Crippen LogP) is 7.71. The Balaban J connectivity index is 1.55. The van der Waals surface area contributed by atoms with Gasteiger partial charge in [0.1, 0.15) is 11.3 Å². The minimum absolute atomic E-state index is 0.00861. The zero-order chi connectivity index (χ0) is 24.9. The van der Waals surface area contributed by atoms with Crippen LogP contribution in [0.15, 0.2) is 103 Å². The van der Waals surface area contributed by atoms with Crippen molar-refractivity contribution in [2.45, 2.75) is 18.9 Å². The average molecular weight is 513 g/mol. The minimum Gasteiger partial charge on any atom is -0.494 e. The molecule has 0 saturated carbocycles. The summed E-state index contributed by atoms with van der Waals surface area (Å²) in [4.78, 5) is 20.7. The highest BCUT2D eigenvalue weighted by atomic mass is 35.5. The molecule has 0 fully saturated rings. The summed E-state index contributed by atoms with van der Waals surface area (Å²) in [6, 6.07) is 33.9. The lowest BCUT2D eigenvalue weighted by atomic mass is 9.88. The normalized spacial score (nSPS) is 11.1. The van der Waals surface area contributed by atoms with Crippen molar-refractivity contribution in [3.8, 4) is 5.75 Å². The Bertz CT molecular complexity index is 1420. The summed E-state index contributed by atoms with van der Waals surface area (Å²) in [5.41, 5.74) is 3.90. The number of carbonyl (C=O) groups is 1. The summed E-state index contributed by atoms with van der Waals surface area (Å²) in [7, 11) is 1.61. The summed E-state index contributed by atoms with van der Waals surface area (Å²) >= 11 is 7.91. The zero-order valence-electron chi connectivity index (χ0n) is 19.8. The molecule has 0 saturated heterocycles. The van der Waals surface area contributed by atoms with E-state index in [9.17, 15) is 4.79 Å². The molecule has 1 amide bonds. The van der Waals surface area contributed by atoms with Crippen molar-refractivity contribution in [1.29, 1.82) is 0 Å². The minimum atomic E-state index is -0.0781. The first-order chi connectivity index (χ1) is 17.6. The van der Waals surface area contributed by atoms with Crippen molar-refractivity contribution >= 4 is 44.2 Å². The highest BCUT2D eigenvalue weighted by Crippen LogP contribution is 2.40. The number of nitrogens with zero attached hydrogens (tertiary/aromatic N) is 2. The topological polar surface area (TPSA) is 42.4 Å². The molecule has 0 aliphatic carbocycles. The molecule has 0 aliphatic rings. The number of amides is 1. The fourth-order valence-corrected chi connectivity index (χ4v) is 5.61. The van der Waals surface area contributed by atoms with Crippen LogP contribution in [0.4, 0.5) is 5.13 Å². The van der Waals surface area contributed by atoms with Crippen LogP contribution < -0.4 is 9.64 Å².